The molecule has 3 aromatic carbocycles. The molecule has 7 nitrogen and oxygen atoms in total. The summed E-state index contributed by atoms with van der Waals surface area (Å²) in [6, 6.07) is 20.0. The van der Waals surface area contributed by atoms with E-state index in [1.807, 2.05) is 12.1 Å². The highest BCUT2D eigenvalue weighted by Gasteiger charge is 2.28. The number of phenols is 1. The number of methoxy groups -OCH3 is 1. The molecule has 0 bridgehead atoms. The molecule has 1 amide bonds. The van der Waals surface area contributed by atoms with E-state index in [1.165, 1.54) is 11.1 Å². The molecular weight excluding hydrogens is 464 g/mol. The van der Waals surface area contributed by atoms with Crippen LogP contribution in [0.25, 0.3) is 33.6 Å². The quantitative estimate of drug-likeness (QED) is 0.317. The minimum absolute atomic E-state index is 0.00993. The Morgan fingerprint density at radius 1 is 1.05 bits per heavy atom. The highest BCUT2D eigenvalue weighted by Crippen LogP contribution is 2.43. The first kappa shape index (κ1) is 23.3. The Bertz CT molecular complexity index is 1450. The second-order valence-electron chi connectivity index (χ2n) is 10.0. The predicted molar refractivity (Wildman–Crippen MR) is 143 cm³/mol. The average molecular weight is 495 g/mol. The summed E-state index contributed by atoms with van der Waals surface area (Å²) in [7, 11) is 1.72. The number of likely N-dealkylation sites (tertiary alicyclic amines) is 1. The molecule has 2 heterocycles. The molecule has 4 N–H and O–H groups in total. The molecule has 1 aliphatic carbocycles. The zero-order chi connectivity index (χ0) is 25.5. The Kier molecular flexibility index (Phi) is 5.93. The van der Waals surface area contributed by atoms with E-state index in [1.54, 1.807) is 19.2 Å². The number of aromatic nitrogens is 2. The number of hydrogen-bond donors (Lipinski definition) is 3. The zero-order valence-corrected chi connectivity index (χ0v) is 20.8. The average Bonchev–Trinajstić information content (AvgIpc) is 3.48. The van der Waals surface area contributed by atoms with Crippen LogP contribution in [-0.4, -0.2) is 46.3 Å². The van der Waals surface area contributed by atoms with Gasteiger partial charge in [0.1, 0.15) is 11.5 Å². The number of aromatic hydroxyl groups is 1. The first-order valence-electron chi connectivity index (χ1n) is 12.7. The van der Waals surface area contributed by atoms with Crippen LogP contribution in [0.2, 0.25) is 0 Å². The number of nitrogens with zero attached hydrogens (tertiary/aromatic N) is 2. The van der Waals surface area contributed by atoms with Crippen LogP contribution in [0.1, 0.15) is 29.5 Å². The fraction of sp³-hybridized carbons (Fsp3) is 0.267. The van der Waals surface area contributed by atoms with Crippen molar-refractivity contribution >= 4 is 5.91 Å². The molecule has 1 saturated heterocycles. The number of benzene rings is 3. The van der Waals surface area contributed by atoms with Gasteiger partial charge in [0.15, 0.2) is 0 Å². The Morgan fingerprint density at radius 3 is 2.35 bits per heavy atom. The number of rotatable bonds is 6. The number of fused-ring (bicyclic) bond motifs is 3. The van der Waals surface area contributed by atoms with E-state index in [0.717, 1.165) is 83.9 Å². The van der Waals surface area contributed by atoms with Gasteiger partial charge in [0.05, 0.1) is 18.5 Å². The smallest absolute Gasteiger partial charge is 0.220 e. The van der Waals surface area contributed by atoms with Crippen molar-refractivity contribution in [1.29, 1.82) is 0 Å². The SMILES string of the molecule is COc1cc2c(cc1CN1CCC(C(N)=O)CC1)Cc1c(-c3ccc(-c4ccc(O)cc4)cc3)n[nH]c1-2. The Hall–Kier alpha value is -4.10. The Balaban J connectivity index is 1.23. The molecule has 7 heteroatoms. The number of primary amides is 1. The van der Waals surface area contributed by atoms with Crippen molar-refractivity contribution in [3.05, 3.63) is 77.4 Å². The number of nitrogens with two attached hydrogens (primary N) is 1. The third-order valence-corrected chi connectivity index (χ3v) is 7.75. The van der Waals surface area contributed by atoms with Gasteiger partial charge in [0, 0.05) is 41.1 Å². The summed E-state index contributed by atoms with van der Waals surface area (Å²) in [6.07, 6.45) is 2.44. The van der Waals surface area contributed by atoms with E-state index in [9.17, 15) is 9.90 Å². The van der Waals surface area contributed by atoms with Crippen molar-refractivity contribution in [3.8, 4) is 45.1 Å². The van der Waals surface area contributed by atoms with Crippen LogP contribution in [0, 0.1) is 5.92 Å². The Morgan fingerprint density at radius 2 is 1.70 bits per heavy atom. The maximum atomic E-state index is 11.5. The lowest BCUT2D eigenvalue weighted by molar-refractivity contribution is -0.123. The van der Waals surface area contributed by atoms with Crippen LogP contribution >= 0.6 is 0 Å². The topological polar surface area (TPSA) is 104 Å². The number of H-pyrrole nitrogens is 1. The highest BCUT2D eigenvalue weighted by atomic mass is 16.5. The van der Waals surface area contributed by atoms with Gasteiger partial charge >= 0.3 is 0 Å². The molecule has 1 aromatic heterocycles. The van der Waals surface area contributed by atoms with Gasteiger partial charge in [-0.1, -0.05) is 36.4 Å². The lowest BCUT2D eigenvalue weighted by atomic mass is 9.95. The van der Waals surface area contributed by atoms with Crippen molar-refractivity contribution in [3.63, 3.8) is 0 Å². The first-order valence-corrected chi connectivity index (χ1v) is 12.7. The van der Waals surface area contributed by atoms with Crippen LogP contribution in [-0.2, 0) is 17.8 Å². The predicted octanol–water partition coefficient (Wildman–Crippen LogP) is 4.73. The van der Waals surface area contributed by atoms with Crippen LogP contribution in [0.4, 0.5) is 0 Å². The zero-order valence-electron chi connectivity index (χ0n) is 20.8. The Labute approximate surface area is 215 Å². The molecule has 2 aliphatic rings. The molecule has 0 atom stereocenters. The van der Waals surface area contributed by atoms with Gasteiger partial charge in [-0.3, -0.25) is 14.8 Å². The van der Waals surface area contributed by atoms with Crippen molar-refractivity contribution in [1.82, 2.24) is 15.1 Å². The molecule has 37 heavy (non-hydrogen) atoms. The number of ether oxygens (including phenoxy) is 1. The van der Waals surface area contributed by atoms with Crippen LogP contribution in [0.3, 0.4) is 0 Å². The van der Waals surface area contributed by atoms with Gasteiger partial charge in [0.2, 0.25) is 5.91 Å². The summed E-state index contributed by atoms with van der Waals surface area (Å²) in [5.74, 6) is 0.942. The van der Waals surface area contributed by atoms with Gasteiger partial charge in [-0.2, -0.15) is 5.10 Å². The van der Waals surface area contributed by atoms with Crippen molar-refractivity contribution < 1.29 is 14.6 Å². The summed E-state index contributed by atoms with van der Waals surface area (Å²) in [4.78, 5) is 13.9. The number of aromatic amines is 1. The van der Waals surface area contributed by atoms with Crippen molar-refractivity contribution in [2.45, 2.75) is 25.8 Å². The standard InChI is InChI=1S/C30H30N4O3/c1-37-27-16-25-22(14-23(27)17-34-12-10-21(11-13-34)30(31)36)15-26-28(32-33-29(25)26)20-4-2-18(3-5-20)19-6-8-24(35)9-7-19/h2-9,14,16,21,35H,10-13,15,17H2,1H3,(H2,31,36)(H,32,33). The molecule has 0 radical (unpaired) electrons. The minimum Gasteiger partial charge on any atom is -0.508 e. The number of hydrogen-bond acceptors (Lipinski definition) is 5. The summed E-state index contributed by atoms with van der Waals surface area (Å²) in [6.45, 7) is 2.52. The van der Waals surface area contributed by atoms with Gasteiger partial charge in [-0.15, -0.1) is 0 Å². The van der Waals surface area contributed by atoms with E-state index in [-0.39, 0.29) is 17.6 Å². The van der Waals surface area contributed by atoms with Crippen molar-refractivity contribution in [2.24, 2.45) is 11.7 Å². The van der Waals surface area contributed by atoms with Gasteiger partial charge in [0.25, 0.3) is 0 Å². The second kappa shape index (κ2) is 9.41. The maximum absolute atomic E-state index is 11.5. The van der Waals surface area contributed by atoms with Gasteiger partial charge in [-0.05, 0) is 66.9 Å². The van der Waals surface area contributed by atoms with E-state index < -0.39 is 0 Å². The van der Waals surface area contributed by atoms with E-state index in [2.05, 4.69) is 51.5 Å². The molecule has 1 fully saturated rings. The van der Waals surface area contributed by atoms with Crippen LogP contribution in [0.15, 0.2) is 60.7 Å². The van der Waals surface area contributed by atoms with E-state index in [0.29, 0.717) is 0 Å². The van der Waals surface area contributed by atoms with Crippen LogP contribution in [0.5, 0.6) is 11.5 Å². The normalized spacial score (nSPS) is 15.4. The summed E-state index contributed by atoms with van der Waals surface area (Å²) < 4.78 is 5.79. The van der Waals surface area contributed by atoms with Crippen molar-refractivity contribution in [2.75, 3.05) is 20.2 Å². The number of carbonyl (C=O) groups excluding carboxylic acids is 1. The molecule has 0 unspecified atom stereocenters. The maximum Gasteiger partial charge on any atom is 0.220 e. The van der Waals surface area contributed by atoms with Crippen LogP contribution < -0.4 is 10.5 Å². The lowest BCUT2D eigenvalue weighted by Crippen LogP contribution is -2.38. The molecule has 6 rings (SSSR count). The summed E-state index contributed by atoms with van der Waals surface area (Å²) in [5.41, 5.74) is 15.5. The van der Waals surface area contributed by atoms with E-state index >= 15 is 0 Å². The number of carbonyl (C=O) groups is 1. The first-order chi connectivity index (χ1) is 18.0. The fourth-order valence-corrected chi connectivity index (χ4v) is 5.65. The lowest BCUT2D eigenvalue weighted by Gasteiger charge is -2.31. The number of nitrogens with one attached hydrogen (secondary N) is 1. The summed E-state index contributed by atoms with van der Waals surface area (Å²) in [5, 5.41) is 17.5. The molecule has 0 saturated carbocycles. The second-order valence-corrected chi connectivity index (χ2v) is 10.0. The van der Waals surface area contributed by atoms with Gasteiger partial charge in [-0.25, -0.2) is 0 Å². The third-order valence-electron chi connectivity index (χ3n) is 7.75. The van der Waals surface area contributed by atoms with E-state index in [4.69, 9.17) is 10.5 Å². The third kappa shape index (κ3) is 4.36. The molecule has 188 valence electrons. The molecule has 1 aliphatic heterocycles. The number of amides is 1. The number of piperidine rings is 1. The monoisotopic (exact) mass is 494 g/mol. The highest BCUT2D eigenvalue weighted by molar-refractivity contribution is 5.83. The molecule has 4 aromatic rings. The fourth-order valence-electron chi connectivity index (χ4n) is 5.65. The minimum atomic E-state index is -0.185. The molecular formula is C30H30N4O3. The summed E-state index contributed by atoms with van der Waals surface area (Å²) >= 11 is 0. The molecule has 0 spiro atoms. The largest absolute Gasteiger partial charge is 0.508 e. The number of phenolic OH excluding ortho intramolecular Hbond substituents is 1. The van der Waals surface area contributed by atoms with Gasteiger partial charge < -0.3 is 15.6 Å².